The van der Waals surface area contributed by atoms with Gasteiger partial charge in [-0.3, -0.25) is 0 Å². The Morgan fingerprint density at radius 3 is 2.87 bits per heavy atom. The van der Waals surface area contributed by atoms with Crippen molar-refractivity contribution in [1.29, 1.82) is 0 Å². The van der Waals surface area contributed by atoms with Crippen LogP contribution in [0.15, 0.2) is 30.5 Å². The number of nitrogens with zero attached hydrogens (tertiary/aromatic N) is 1. The Labute approximate surface area is 87.9 Å². The number of aromatic nitrogens is 1. The first-order valence-corrected chi connectivity index (χ1v) is 4.72. The van der Waals surface area contributed by atoms with E-state index in [2.05, 4.69) is 10.3 Å². The van der Waals surface area contributed by atoms with Crippen LogP contribution in [0, 0.1) is 0 Å². The Kier molecular flexibility index (Phi) is 2.33. The van der Waals surface area contributed by atoms with Crippen molar-refractivity contribution >= 4 is 22.6 Å². The summed E-state index contributed by atoms with van der Waals surface area (Å²) in [5, 5.41) is 3.89. The second kappa shape index (κ2) is 3.65. The van der Waals surface area contributed by atoms with E-state index in [1.807, 2.05) is 30.5 Å². The maximum absolute atomic E-state index is 11.4. The van der Waals surface area contributed by atoms with Gasteiger partial charge in [0.2, 0.25) is 0 Å². The molecule has 1 aromatic carbocycles. The third kappa shape index (κ3) is 1.93. The summed E-state index contributed by atoms with van der Waals surface area (Å²) in [6, 6.07) is 7.61. The number of aromatic amines is 1. The zero-order chi connectivity index (χ0) is 10.8. The highest BCUT2D eigenvalue weighted by Crippen LogP contribution is 2.17. The fourth-order valence-electron chi connectivity index (χ4n) is 1.37. The minimum atomic E-state index is -0.120. The molecule has 2 amide bonds. The summed E-state index contributed by atoms with van der Waals surface area (Å²) >= 11 is 0. The fraction of sp³-hybridized carbons (Fsp3) is 0.182. The molecular weight excluding hydrogens is 190 g/mol. The summed E-state index contributed by atoms with van der Waals surface area (Å²) in [6.45, 7) is 0. The Balaban J connectivity index is 2.25. The SMILES string of the molecule is CN(C)C(=O)Nc1ccc2[nH]ccc2c1. The molecule has 2 N–H and O–H groups in total. The first-order chi connectivity index (χ1) is 7.16. The zero-order valence-electron chi connectivity index (χ0n) is 8.74. The molecule has 2 rings (SSSR count). The van der Waals surface area contributed by atoms with Gasteiger partial charge in [-0.15, -0.1) is 0 Å². The van der Waals surface area contributed by atoms with Gasteiger partial charge in [0.05, 0.1) is 0 Å². The van der Waals surface area contributed by atoms with Gasteiger partial charge >= 0.3 is 6.03 Å². The van der Waals surface area contributed by atoms with Gasteiger partial charge < -0.3 is 15.2 Å². The summed E-state index contributed by atoms with van der Waals surface area (Å²) in [7, 11) is 3.42. The molecule has 0 aliphatic carbocycles. The normalized spacial score (nSPS) is 10.3. The van der Waals surface area contributed by atoms with E-state index in [1.54, 1.807) is 14.1 Å². The van der Waals surface area contributed by atoms with Crippen LogP contribution in [0.1, 0.15) is 0 Å². The predicted octanol–water partition coefficient (Wildman–Crippen LogP) is 2.26. The standard InChI is InChI=1S/C11H13N3O/c1-14(2)11(15)13-9-3-4-10-8(7-9)5-6-12-10/h3-7,12H,1-2H3,(H,13,15). The van der Waals surface area contributed by atoms with Crippen molar-refractivity contribution in [3.05, 3.63) is 30.5 Å². The molecule has 15 heavy (non-hydrogen) atoms. The molecular formula is C11H13N3O. The van der Waals surface area contributed by atoms with Crippen molar-refractivity contribution in [3.8, 4) is 0 Å². The first-order valence-electron chi connectivity index (χ1n) is 4.72. The Morgan fingerprint density at radius 1 is 1.33 bits per heavy atom. The Hall–Kier alpha value is -1.97. The lowest BCUT2D eigenvalue weighted by Gasteiger charge is -2.11. The molecule has 0 aliphatic rings. The van der Waals surface area contributed by atoms with Crippen LogP contribution < -0.4 is 5.32 Å². The zero-order valence-corrected chi connectivity index (χ0v) is 8.74. The van der Waals surface area contributed by atoms with Gasteiger partial charge in [-0.25, -0.2) is 4.79 Å². The molecule has 4 heteroatoms. The van der Waals surface area contributed by atoms with Crippen molar-refractivity contribution in [1.82, 2.24) is 9.88 Å². The van der Waals surface area contributed by atoms with Gasteiger partial charge in [0.15, 0.2) is 0 Å². The average Bonchev–Trinajstić information content (AvgIpc) is 2.64. The average molecular weight is 203 g/mol. The molecule has 0 saturated carbocycles. The largest absolute Gasteiger partial charge is 0.361 e. The molecule has 78 valence electrons. The lowest BCUT2D eigenvalue weighted by atomic mass is 10.2. The molecule has 0 aliphatic heterocycles. The van der Waals surface area contributed by atoms with Gasteiger partial charge in [0.25, 0.3) is 0 Å². The van der Waals surface area contributed by atoms with Crippen molar-refractivity contribution in [3.63, 3.8) is 0 Å². The van der Waals surface area contributed by atoms with Crippen molar-refractivity contribution in [2.24, 2.45) is 0 Å². The number of urea groups is 1. The second-order valence-corrected chi connectivity index (χ2v) is 3.60. The summed E-state index contributed by atoms with van der Waals surface area (Å²) in [6.07, 6.45) is 1.88. The van der Waals surface area contributed by atoms with Crippen molar-refractivity contribution < 1.29 is 4.79 Å². The number of benzene rings is 1. The van der Waals surface area contributed by atoms with Crippen LogP contribution in [-0.4, -0.2) is 30.0 Å². The smallest absolute Gasteiger partial charge is 0.321 e. The Bertz CT molecular complexity index is 487. The van der Waals surface area contributed by atoms with E-state index in [0.29, 0.717) is 0 Å². The van der Waals surface area contributed by atoms with E-state index in [1.165, 1.54) is 4.90 Å². The monoisotopic (exact) mass is 203 g/mol. The molecule has 0 radical (unpaired) electrons. The van der Waals surface area contributed by atoms with Crippen LogP contribution in [0.4, 0.5) is 10.5 Å². The highest BCUT2D eigenvalue weighted by molar-refractivity contribution is 5.92. The fourth-order valence-corrected chi connectivity index (χ4v) is 1.37. The minimum Gasteiger partial charge on any atom is -0.361 e. The van der Waals surface area contributed by atoms with Crippen molar-refractivity contribution in [2.75, 3.05) is 19.4 Å². The molecule has 2 aromatic rings. The van der Waals surface area contributed by atoms with E-state index in [4.69, 9.17) is 0 Å². The highest BCUT2D eigenvalue weighted by Gasteiger charge is 2.04. The summed E-state index contributed by atoms with van der Waals surface area (Å²) in [4.78, 5) is 16.0. The molecule has 1 heterocycles. The number of amides is 2. The molecule has 0 unspecified atom stereocenters. The number of H-pyrrole nitrogens is 1. The molecule has 0 fully saturated rings. The lowest BCUT2D eigenvalue weighted by molar-refractivity contribution is 0.230. The van der Waals surface area contributed by atoms with Gasteiger partial charge in [-0.05, 0) is 24.3 Å². The van der Waals surface area contributed by atoms with Crippen LogP contribution >= 0.6 is 0 Å². The maximum atomic E-state index is 11.4. The van der Waals surface area contributed by atoms with Gasteiger partial charge in [-0.1, -0.05) is 0 Å². The maximum Gasteiger partial charge on any atom is 0.321 e. The molecule has 0 atom stereocenters. The summed E-state index contributed by atoms with van der Waals surface area (Å²) in [5.74, 6) is 0. The van der Waals surface area contributed by atoms with Crippen LogP contribution in [-0.2, 0) is 0 Å². The number of carbonyl (C=O) groups excluding carboxylic acids is 1. The number of hydrogen-bond acceptors (Lipinski definition) is 1. The van der Waals surface area contributed by atoms with E-state index >= 15 is 0 Å². The lowest BCUT2D eigenvalue weighted by Crippen LogP contribution is -2.27. The third-order valence-corrected chi connectivity index (χ3v) is 2.21. The van der Waals surface area contributed by atoms with Crippen LogP contribution in [0.3, 0.4) is 0 Å². The van der Waals surface area contributed by atoms with E-state index < -0.39 is 0 Å². The third-order valence-electron chi connectivity index (χ3n) is 2.21. The number of nitrogens with one attached hydrogen (secondary N) is 2. The second-order valence-electron chi connectivity index (χ2n) is 3.60. The number of fused-ring (bicyclic) bond motifs is 1. The van der Waals surface area contributed by atoms with Crippen LogP contribution in [0.25, 0.3) is 10.9 Å². The van der Waals surface area contributed by atoms with Gasteiger partial charge in [0, 0.05) is 36.9 Å². The Morgan fingerprint density at radius 2 is 2.13 bits per heavy atom. The highest BCUT2D eigenvalue weighted by atomic mass is 16.2. The minimum absolute atomic E-state index is 0.120. The van der Waals surface area contributed by atoms with Crippen molar-refractivity contribution in [2.45, 2.75) is 0 Å². The van der Waals surface area contributed by atoms with Gasteiger partial charge in [-0.2, -0.15) is 0 Å². The molecule has 0 spiro atoms. The van der Waals surface area contributed by atoms with E-state index in [9.17, 15) is 4.79 Å². The topological polar surface area (TPSA) is 48.1 Å². The number of anilines is 1. The number of rotatable bonds is 1. The predicted molar refractivity (Wildman–Crippen MR) is 61.0 cm³/mol. The molecule has 1 aromatic heterocycles. The molecule has 4 nitrogen and oxygen atoms in total. The van der Waals surface area contributed by atoms with Gasteiger partial charge in [0.1, 0.15) is 0 Å². The van der Waals surface area contributed by atoms with E-state index in [0.717, 1.165) is 16.6 Å². The van der Waals surface area contributed by atoms with Crippen LogP contribution in [0.5, 0.6) is 0 Å². The molecule has 0 saturated heterocycles. The summed E-state index contributed by atoms with van der Waals surface area (Å²) in [5.41, 5.74) is 1.87. The first kappa shape index (κ1) is 9.58. The molecule has 0 bridgehead atoms. The number of carbonyl (C=O) groups is 1. The summed E-state index contributed by atoms with van der Waals surface area (Å²) < 4.78 is 0. The quantitative estimate of drug-likeness (QED) is 0.733. The van der Waals surface area contributed by atoms with E-state index in [-0.39, 0.29) is 6.03 Å². The van der Waals surface area contributed by atoms with Crippen LogP contribution in [0.2, 0.25) is 0 Å². The number of hydrogen-bond donors (Lipinski definition) is 2.